The summed E-state index contributed by atoms with van der Waals surface area (Å²) < 4.78 is 16.7. The minimum atomic E-state index is -2.26. The summed E-state index contributed by atoms with van der Waals surface area (Å²) in [7, 11) is -2.26. The molecule has 0 radical (unpaired) electrons. The molecule has 0 aromatic carbocycles. The first-order valence-electron chi connectivity index (χ1n) is 10.3. The average molecular weight is 347 g/mol. The molecule has 0 unspecified atom stereocenters. The van der Waals surface area contributed by atoms with Crippen LogP contribution in [0.15, 0.2) is 0 Å². The van der Waals surface area contributed by atoms with E-state index >= 15 is 0 Å². The SMILES string of the molecule is CCCCCCCCCCCCCCCCCCOP(C)(C)=O. The van der Waals surface area contributed by atoms with Crippen LogP contribution in [0.5, 0.6) is 0 Å². The molecule has 0 saturated carbocycles. The van der Waals surface area contributed by atoms with Crippen molar-refractivity contribution in [2.24, 2.45) is 0 Å². The van der Waals surface area contributed by atoms with Gasteiger partial charge in [-0.3, -0.25) is 4.57 Å². The molecule has 0 aromatic rings. The second-order valence-electron chi connectivity index (χ2n) is 7.39. The van der Waals surface area contributed by atoms with Gasteiger partial charge in [-0.15, -0.1) is 0 Å². The van der Waals surface area contributed by atoms with Gasteiger partial charge in [-0.25, -0.2) is 0 Å². The van der Waals surface area contributed by atoms with E-state index in [1.807, 2.05) is 0 Å². The van der Waals surface area contributed by atoms with Crippen LogP contribution in [-0.4, -0.2) is 19.9 Å². The highest BCUT2D eigenvalue weighted by Crippen LogP contribution is 2.37. The van der Waals surface area contributed by atoms with Crippen molar-refractivity contribution >= 4 is 7.37 Å². The van der Waals surface area contributed by atoms with Crippen LogP contribution in [0.25, 0.3) is 0 Å². The summed E-state index contributed by atoms with van der Waals surface area (Å²) in [4.78, 5) is 0. The molecule has 0 amide bonds. The normalized spacial score (nSPS) is 12.0. The van der Waals surface area contributed by atoms with Crippen molar-refractivity contribution in [1.29, 1.82) is 0 Å². The summed E-state index contributed by atoms with van der Waals surface area (Å²) in [6.45, 7) is 6.34. The molecule has 0 atom stereocenters. The Morgan fingerprint density at radius 1 is 0.565 bits per heavy atom. The number of hydrogen-bond donors (Lipinski definition) is 0. The Morgan fingerprint density at radius 3 is 1.17 bits per heavy atom. The van der Waals surface area contributed by atoms with Gasteiger partial charge in [-0.2, -0.15) is 0 Å². The lowest BCUT2D eigenvalue weighted by atomic mass is 10.0. The first-order valence-corrected chi connectivity index (χ1v) is 12.8. The molecular weight excluding hydrogens is 303 g/mol. The highest BCUT2D eigenvalue weighted by Gasteiger charge is 2.05. The Balaban J connectivity index is 3.01. The van der Waals surface area contributed by atoms with Crippen molar-refractivity contribution in [3.63, 3.8) is 0 Å². The third kappa shape index (κ3) is 22.2. The van der Waals surface area contributed by atoms with Crippen molar-refractivity contribution in [3.05, 3.63) is 0 Å². The Kier molecular flexibility index (Phi) is 17.2. The van der Waals surface area contributed by atoms with Gasteiger partial charge in [-0.1, -0.05) is 103 Å². The molecule has 0 rings (SSSR count). The predicted octanol–water partition coefficient (Wildman–Crippen LogP) is 7.80. The van der Waals surface area contributed by atoms with Crippen molar-refractivity contribution in [1.82, 2.24) is 0 Å². The zero-order valence-corrected chi connectivity index (χ0v) is 17.2. The van der Waals surface area contributed by atoms with Crippen LogP contribution in [-0.2, 0) is 9.09 Å². The third-order valence-electron chi connectivity index (χ3n) is 4.40. The van der Waals surface area contributed by atoms with E-state index < -0.39 is 7.37 Å². The molecule has 0 saturated heterocycles. The van der Waals surface area contributed by atoms with Crippen molar-refractivity contribution in [2.45, 2.75) is 110 Å². The van der Waals surface area contributed by atoms with Crippen LogP contribution < -0.4 is 0 Å². The summed E-state index contributed by atoms with van der Waals surface area (Å²) in [5.74, 6) is 0. The first-order chi connectivity index (χ1) is 11.1. The monoisotopic (exact) mass is 346 g/mol. The van der Waals surface area contributed by atoms with Crippen LogP contribution in [0.1, 0.15) is 110 Å². The summed E-state index contributed by atoms with van der Waals surface area (Å²) >= 11 is 0. The quantitative estimate of drug-likeness (QED) is 0.187. The number of hydrogen-bond acceptors (Lipinski definition) is 2. The maximum atomic E-state index is 11.4. The maximum Gasteiger partial charge on any atom is 0.197 e. The lowest BCUT2D eigenvalue weighted by molar-refractivity contribution is 0.308. The van der Waals surface area contributed by atoms with Crippen LogP contribution in [0, 0.1) is 0 Å². The highest BCUT2D eigenvalue weighted by atomic mass is 31.2. The molecule has 140 valence electrons. The second kappa shape index (κ2) is 17.0. The molecule has 3 heteroatoms. The minimum Gasteiger partial charge on any atom is -0.329 e. The van der Waals surface area contributed by atoms with Gasteiger partial charge < -0.3 is 4.52 Å². The van der Waals surface area contributed by atoms with Gasteiger partial charge in [0, 0.05) is 13.3 Å². The maximum absolute atomic E-state index is 11.4. The van der Waals surface area contributed by atoms with E-state index in [0.29, 0.717) is 6.61 Å². The van der Waals surface area contributed by atoms with E-state index in [-0.39, 0.29) is 0 Å². The summed E-state index contributed by atoms with van der Waals surface area (Å²) in [6, 6.07) is 0. The minimum absolute atomic E-state index is 0.669. The molecular formula is C20H43O2P. The molecule has 0 heterocycles. The van der Waals surface area contributed by atoms with Crippen molar-refractivity contribution in [2.75, 3.05) is 19.9 Å². The molecule has 0 aliphatic heterocycles. The van der Waals surface area contributed by atoms with Crippen LogP contribution in [0.2, 0.25) is 0 Å². The fraction of sp³-hybridized carbons (Fsp3) is 1.00. The van der Waals surface area contributed by atoms with Crippen molar-refractivity contribution in [3.8, 4) is 0 Å². The van der Waals surface area contributed by atoms with Gasteiger partial charge >= 0.3 is 0 Å². The topological polar surface area (TPSA) is 26.3 Å². The van der Waals surface area contributed by atoms with E-state index in [1.165, 1.54) is 96.3 Å². The van der Waals surface area contributed by atoms with E-state index in [2.05, 4.69) is 6.92 Å². The van der Waals surface area contributed by atoms with E-state index in [4.69, 9.17) is 4.52 Å². The van der Waals surface area contributed by atoms with Gasteiger partial charge in [0.25, 0.3) is 0 Å². The summed E-state index contributed by atoms with van der Waals surface area (Å²) in [6.07, 6.45) is 22.1. The van der Waals surface area contributed by atoms with Gasteiger partial charge in [0.1, 0.15) is 0 Å². The van der Waals surface area contributed by atoms with Gasteiger partial charge in [0.15, 0.2) is 7.37 Å². The lowest BCUT2D eigenvalue weighted by Crippen LogP contribution is -1.91. The average Bonchev–Trinajstić information content (AvgIpc) is 2.49. The largest absolute Gasteiger partial charge is 0.329 e. The van der Waals surface area contributed by atoms with Gasteiger partial charge in [0.2, 0.25) is 0 Å². The van der Waals surface area contributed by atoms with Crippen LogP contribution >= 0.6 is 7.37 Å². The molecule has 0 aliphatic rings. The zero-order chi connectivity index (χ0) is 17.2. The molecule has 0 bridgehead atoms. The Bertz CT molecular complexity index is 273. The molecule has 0 fully saturated rings. The smallest absolute Gasteiger partial charge is 0.197 e. The van der Waals surface area contributed by atoms with Crippen LogP contribution in [0.3, 0.4) is 0 Å². The van der Waals surface area contributed by atoms with Crippen LogP contribution in [0.4, 0.5) is 0 Å². The zero-order valence-electron chi connectivity index (χ0n) is 16.3. The summed E-state index contributed by atoms with van der Waals surface area (Å²) in [5, 5.41) is 0. The number of rotatable bonds is 18. The fourth-order valence-electron chi connectivity index (χ4n) is 2.93. The third-order valence-corrected chi connectivity index (χ3v) is 5.20. The van der Waals surface area contributed by atoms with E-state index in [9.17, 15) is 4.57 Å². The molecule has 23 heavy (non-hydrogen) atoms. The molecule has 0 aliphatic carbocycles. The molecule has 0 N–H and O–H groups in total. The lowest BCUT2D eigenvalue weighted by Gasteiger charge is -2.07. The Labute approximate surface area is 146 Å². The van der Waals surface area contributed by atoms with E-state index in [1.54, 1.807) is 13.3 Å². The second-order valence-corrected chi connectivity index (χ2v) is 10.2. The molecule has 0 aromatic heterocycles. The molecule has 2 nitrogen and oxygen atoms in total. The Morgan fingerprint density at radius 2 is 0.870 bits per heavy atom. The first kappa shape index (κ1) is 23.2. The predicted molar refractivity (Wildman–Crippen MR) is 105 cm³/mol. The standard InChI is InChI=1S/C20H43O2P/c1-4-5-6-7-8-9-10-11-12-13-14-15-16-17-18-19-20-22-23(2,3)21/h4-20H2,1-3H3. The van der Waals surface area contributed by atoms with Gasteiger partial charge in [-0.05, 0) is 6.42 Å². The van der Waals surface area contributed by atoms with E-state index in [0.717, 1.165) is 6.42 Å². The number of unbranched alkanes of at least 4 members (excludes halogenated alkanes) is 15. The van der Waals surface area contributed by atoms with Crippen molar-refractivity contribution < 1.29 is 9.09 Å². The Hall–Kier alpha value is 0.190. The van der Waals surface area contributed by atoms with Gasteiger partial charge in [0.05, 0.1) is 6.61 Å². The fourth-order valence-corrected chi connectivity index (χ4v) is 3.50. The summed E-state index contributed by atoms with van der Waals surface area (Å²) in [5.41, 5.74) is 0. The molecule has 0 spiro atoms. The highest BCUT2D eigenvalue weighted by molar-refractivity contribution is 7.57.